The Labute approximate surface area is 105 Å². The second-order valence-electron chi connectivity index (χ2n) is 6.15. The highest BCUT2D eigenvalue weighted by atomic mass is 16.5. The molecule has 1 unspecified atom stereocenters. The van der Waals surface area contributed by atoms with Gasteiger partial charge in [0.25, 0.3) is 0 Å². The van der Waals surface area contributed by atoms with E-state index < -0.39 is 0 Å². The number of rotatable bonds is 3. The fourth-order valence-electron chi connectivity index (χ4n) is 3.53. The molecule has 3 heteroatoms. The molecule has 0 amide bonds. The van der Waals surface area contributed by atoms with Crippen LogP contribution in [-0.4, -0.2) is 38.3 Å². The van der Waals surface area contributed by atoms with Gasteiger partial charge < -0.3 is 9.64 Å². The van der Waals surface area contributed by atoms with Gasteiger partial charge in [0, 0.05) is 5.41 Å². The molecule has 2 heterocycles. The van der Waals surface area contributed by atoms with Crippen molar-refractivity contribution in [1.82, 2.24) is 4.90 Å². The van der Waals surface area contributed by atoms with Crippen molar-refractivity contribution >= 4 is 0 Å². The molecular weight excluding hydrogens is 212 g/mol. The average Bonchev–Trinajstić information content (AvgIpc) is 2.24. The van der Waals surface area contributed by atoms with E-state index in [9.17, 15) is 5.26 Å². The molecule has 0 radical (unpaired) electrons. The van der Waals surface area contributed by atoms with Gasteiger partial charge in [-0.05, 0) is 44.8 Å². The Morgan fingerprint density at radius 2 is 1.88 bits per heavy atom. The Morgan fingerprint density at radius 3 is 2.24 bits per heavy atom. The number of nitriles is 1. The Morgan fingerprint density at radius 1 is 1.29 bits per heavy atom. The lowest BCUT2D eigenvalue weighted by Crippen LogP contribution is -2.56. The zero-order valence-electron chi connectivity index (χ0n) is 11.3. The summed E-state index contributed by atoms with van der Waals surface area (Å²) in [5, 5.41) is 9.46. The van der Waals surface area contributed by atoms with Crippen LogP contribution in [0.1, 0.15) is 26.7 Å². The van der Waals surface area contributed by atoms with Crippen LogP contribution in [0, 0.1) is 34.5 Å². The zero-order valence-corrected chi connectivity index (χ0v) is 11.3. The molecule has 0 saturated carbocycles. The van der Waals surface area contributed by atoms with E-state index in [1.54, 1.807) is 0 Å². The van der Waals surface area contributed by atoms with Gasteiger partial charge in [-0.2, -0.15) is 5.26 Å². The quantitative estimate of drug-likeness (QED) is 0.753. The maximum absolute atomic E-state index is 9.46. The van der Waals surface area contributed by atoms with Gasteiger partial charge in [-0.25, -0.2) is 0 Å². The molecule has 96 valence electrons. The molecule has 3 nitrogen and oxygen atoms in total. The number of hydrogen-bond acceptors (Lipinski definition) is 3. The molecule has 2 fully saturated rings. The number of hydrogen-bond donors (Lipinski definition) is 0. The average molecular weight is 236 g/mol. The molecule has 0 spiro atoms. The molecule has 17 heavy (non-hydrogen) atoms. The van der Waals surface area contributed by atoms with Crippen LogP contribution >= 0.6 is 0 Å². The van der Waals surface area contributed by atoms with Crippen molar-refractivity contribution in [2.24, 2.45) is 23.2 Å². The maximum atomic E-state index is 9.46. The number of likely N-dealkylation sites (tertiary alicyclic amines) is 1. The molecule has 2 aliphatic heterocycles. The lowest BCUT2D eigenvalue weighted by atomic mass is 9.59. The molecular formula is C14H24N2O. The van der Waals surface area contributed by atoms with E-state index in [2.05, 4.69) is 31.9 Å². The third-order valence-electron chi connectivity index (χ3n) is 4.70. The summed E-state index contributed by atoms with van der Waals surface area (Å²) in [5.74, 6) is 1.27. The Balaban J connectivity index is 2.11. The lowest BCUT2D eigenvalue weighted by molar-refractivity contribution is -0.182. The van der Waals surface area contributed by atoms with Crippen molar-refractivity contribution < 1.29 is 4.74 Å². The normalized spacial score (nSPS) is 27.5. The summed E-state index contributed by atoms with van der Waals surface area (Å²) in [5.41, 5.74) is 0.157. The van der Waals surface area contributed by atoms with E-state index in [-0.39, 0.29) is 11.3 Å². The monoisotopic (exact) mass is 236 g/mol. The predicted octanol–water partition coefficient (Wildman–Crippen LogP) is 2.14. The van der Waals surface area contributed by atoms with E-state index in [4.69, 9.17) is 4.74 Å². The smallest absolute Gasteiger partial charge is 0.0666 e. The van der Waals surface area contributed by atoms with Crippen LogP contribution in [0.3, 0.4) is 0 Å². The first-order chi connectivity index (χ1) is 8.10. The fraction of sp³-hybridized carbons (Fsp3) is 0.929. The molecule has 0 aliphatic carbocycles. The minimum atomic E-state index is 0.157. The third-order valence-corrected chi connectivity index (χ3v) is 4.70. The number of ether oxygens (including phenoxy) is 1. The fourth-order valence-corrected chi connectivity index (χ4v) is 3.53. The summed E-state index contributed by atoms with van der Waals surface area (Å²) in [6.45, 7) is 8.28. The van der Waals surface area contributed by atoms with Crippen LogP contribution in [-0.2, 0) is 4.74 Å². The Kier molecular flexibility index (Phi) is 3.75. The van der Waals surface area contributed by atoms with Gasteiger partial charge >= 0.3 is 0 Å². The van der Waals surface area contributed by atoms with Crippen LogP contribution in [0.4, 0.5) is 0 Å². The zero-order chi connectivity index (χ0) is 12.5. The highest BCUT2D eigenvalue weighted by molar-refractivity contribution is 5.06. The van der Waals surface area contributed by atoms with E-state index in [1.807, 2.05) is 0 Å². The molecule has 0 N–H and O–H groups in total. The van der Waals surface area contributed by atoms with Gasteiger partial charge in [-0.15, -0.1) is 0 Å². The number of piperidine rings is 1. The Hall–Kier alpha value is -0.590. The van der Waals surface area contributed by atoms with Crippen molar-refractivity contribution in [3.8, 4) is 6.07 Å². The highest BCUT2D eigenvalue weighted by Gasteiger charge is 2.52. The van der Waals surface area contributed by atoms with Crippen LogP contribution in [0.5, 0.6) is 0 Å². The minimum absolute atomic E-state index is 0.157. The van der Waals surface area contributed by atoms with Crippen molar-refractivity contribution in [1.29, 1.82) is 5.26 Å². The van der Waals surface area contributed by atoms with Crippen molar-refractivity contribution in [3.05, 3.63) is 0 Å². The summed E-state index contributed by atoms with van der Waals surface area (Å²) < 4.78 is 5.49. The summed E-state index contributed by atoms with van der Waals surface area (Å²) in [4.78, 5) is 2.39. The second kappa shape index (κ2) is 4.96. The van der Waals surface area contributed by atoms with Gasteiger partial charge in [0.05, 0.1) is 25.2 Å². The molecule has 2 saturated heterocycles. The summed E-state index contributed by atoms with van der Waals surface area (Å²) in [6, 6.07) is 2.56. The molecule has 0 aromatic carbocycles. The predicted molar refractivity (Wildman–Crippen MR) is 67.4 cm³/mol. The van der Waals surface area contributed by atoms with Crippen LogP contribution in [0.15, 0.2) is 0 Å². The second-order valence-corrected chi connectivity index (χ2v) is 6.15. The van der Waals surface area contributed by atoms with Crippen molar-refractivity contribution in [2.75, 3.05) is 33.4 Å². The van der Waals surface area contributed by atoms with Crippen LogP contribution in [0.2, 0.25) is 0 Å². The van der Waals surface area contributed by atoms with E-state index in [0.29, 0.717) is 11.8 Å². The van der Waals surface area contributed by atoms with Gasteiger partial charge in [0.2, 0.25) is 0 Å². The Bertz CT molecular complexity index is 296. The SMILES string of the molecule is CC(C)C(C#N)C1(C2CCN(C)CC2)COC1. The van der Waals surface area contributed by atoms with Crippen molar-refractivity contribution in [2.45, 2.75) is 26.7 Å². The molecule has 0 bridgehead atoms. The van der Waals surface area contributed by atoms with Crippen LogP contribution < -0.4 is 0 Å². The maximum Gasteiger partial charge on any atom is 0.0666 e. The first kappa shape index (κ1) is 12.9. The first-order valence-corrected chi connectivity index (χ1v) is 6.76. The van der Waals surface area contributed by atoms with Crippen LogP contribution in [0.25, 0.3) is 0 Å². The molecule has 2 aliphatic rings. The van der Waals surface area contributed by atoms with E-state index in [1.165, 1.54) is 25.9 Å². The van der Waals surface area contributed by atoms with Gasteiger partial charge in [-0.1, -0.05) is 13.8 Å². The van der Waals surface area contributed by atoms with Gasteiger partial charge in [0.15, 0.2) is 0 Å². The first-order valence-electron chi connectivity index (χ1n) is 6.76. The van der Waals surface area contributed by atoms with Gasteiger partial charge in [-0.3, -0.25) is 0 Å². The summed E-state index contributed by atoms with van der Waals surface area (Å²) in [7, 11) is 2.18. The largest absolute Gasteiger partial charge is 0.380 e. The molecule has 0 aromatic rings. The topological polar surface area (TPSA) is 36.3 Å². The van der Waals surface area contributed by atoms with Crippen molar-refractivity contribution in [3.63, 3.8) is 0 Å². The van der Waals surface area contributed by atoms with E-state index in [0.717, 1.165) is 13.2 Å². The van der Waals surface area contributed by atoms with E-state index >= 15 is 0 Å². The molecule has 1 atom stereocenters. The minimum Gasteiger partial charge on any atom is -0.380 e. The standard InChI is InChI=1S/C14H24N2O/c1-11(2)13(8-15)14(9-17-10-14)12-4-6-16(3)7-5-12/h11-13H,4-7,9-10H2,1-3H3. The summed E-state index contributed by atoms with van der Waals surface area (Å²) >= 11 is 0. The number of nitrogens with zero attached hydrogens (tertiary/aromatic N) is 2. The third kappa shape index (κ3) is 2.21. The molecule has 2 rings (SSSR count). The highest BCUT2D eigenvalue weighted by Crippen LogP contribution is 2.49. The lowest BCUT2D eigenvalue weighted by Gasteiger charge is -2.53. The summed E-state index contributed by atoms with van der Waals surface area (Å²) in [6.07, 6.45) is 2.45. The van der Waals surface area contributed by atoms with Gasteiger partial charge in [0.1, 0.15) is 0 Å². The molecule has 0 aromatic heterocycles.